The summed E-state index contributed by atoms with van der Waals surface area (Å²) in [7, 11) is 0. The van der Waals surface area contributed by atoms with Crippen LogP contribution in [0.2, 0.25) is 0 Å². The fourth-order valence-corrected chi connectivity index (χ4v) is 1.32. The van der Waals surface area contributed by atoms with Crippen LogP contribution in [0, 0.1) is 5.92 Å². The van der Waals surface area contributed by atoms with Crippen LogP contribution in [0.4, 0.5) is 13.2 Å². The van der Waals surface area contributed by atoms with E-state index in [0.717, 1.165) is 0 Å². The molecule has 0 aromatic rings. The molecule has 6 heteroatoms. The van der Waals surface area contributed by atoms with Crippen LogP contribution in [0.1, 0.15) is 19.3 Å². The van der Waals surface area contributed by atoms with Gasteiger partial charge in [-0.1, -0.05) is 0 Å². The number of hydrogen-bond acceptors (Lipinski definition) is 2. The highest BCUT2D eigenvalue weighted by Gasteiger charge is 2.32. The second-order valence-electron chi connectivity index (χ2n) is 3.30. The lowest BCUT2D eigenvalue weighted by Crippen LogP contribution is -2.41. The van der Waals surface area contributed by atoms with Gasteiger partial charge in [-0.15, -0.1) is 0 Å². The van der Waals surface area contributed by atoms with E-state index in [-0.39, 0.29) is 19.4 Å². The molecule has 0 aromatic carbocycles. The zero-order chi connectivity index (χ0) is 10.8. The molecule has 1 aliphatic heterocycles. The average Bonchev–Trinajstić information content (AvgIpc) is 2.00. The van der Waals surface area contributed by atoms with Crippen LogP contribution in [0.5, 0.6) is 0 Å². The number of halogens is 3. The van der Waals surface area contributed by atoms with Crippen LogP contribution < -0.4 is 5.32 Å². The number of ketones is 1. The molecule has 0 aromatic heterocycles. The summed E-state index contributed by atoms with van der Waals surface area (Å²) in [4.78, 5) is 21.8. The van der Waals surface area contributed by atoms with Crippen molar-refractivity contribution in [2.24, 2.45) is 5.92 Å². The van der Waals surface area contributed by atoms with E-state index in [1.54, 1.807) is 0 Å². The van der Waals surface area contributed by atoms with E-state index < -0.39 is 30.2 Å². The minimum atomic E-state index is -4.23. The minimum absolute atomic E-state index is 0.0355. The van der Waals surface area contributed by atoms with E-state index >= 15 is 0 Å². The predicted octanol–water partition coefficient (Wildman–Crippen LogP) is 1.03. The van der Waals surface area contributed by atoms with Crippen molar-refractivity contribution < 1.29 is 22.8 Å². The monoisotopic (exact) mass is 209 g/mol. The number of rotatable bonds is 2. The first-order valence-electron chi connectivity index (χ1n) is 4.24. The number of piperidine rings is 1. The van der Waals surface area contributed by atoms with Gasteiger partial charge in [-0.05, 0) is 6.42 Å². The van der Waals surface area contributed by atoms with Crippen molar-refractivity contribution in [3.05, 3.63) is 0 Å². The third-order valence-electron chi connectivity index (χ3n) is 2.11. The second-order valence-corrected chi connectivity index (χ2v) is 3.30. The molecular weight excluding hydrogens is 199 g/mol. The van der Waals surface area contributed by atoms with Gasteiger partial charge in [0.15, 0.2) is 0 Å². The SMILES string of the molecule is O=C1CC(=O)C(CCC(F)(F)F)CN1. The number of hydrogen-bond donors (Lipinski definition) is 1. The summed E-state index contributed by atoms with van der Waals surface area (Å²) in [5, 5.41) is 2.37. The summed E-state index contributed by atoms with van der Waals surface area (Å²) in [5.41, 5.74) is 0. The van der Waals surface area contributed by atoms with Gasteiger partial charge < -0.3 is 5.32 Å². The third-order valence-corrected chi connectivity index (χ3v) is 2.11. The topological polar surface area (TPSA) is 46.2 Å². The fraction of sp³-hybridized carbons (Fsp3) is 0.750. The zero-order valence-corrected chi connectivity index (χ0v) is 7.36. The maximum absolute atomic E-state index is 11.8. The number of amides is 1. The number of carbonyl (C=O) groups is 2. The molecule has 1 aliphatic rings. The first-order chi connectivity index (χ1) is 6.38. The van der Waals surface area contributed by atoms with E-state index in [9.17, 15) is 22.8 Å². The van der Waals surface area contributed by atoms with E-state index in [1.807, 2.05) is 0 Å². The van der Waals surface area contributed by atoms with Gasteiger partial charge in [-0.3, -0.25) is 9.59 Å². The highest BCUT2D eigenvalue weighted by atomic mass is 19.4. The van der Waals surface area contributed by atoms with Crippen LogP contribution in [0.15, 0.2) is 0 Å². The molecule has 3 nitrogen and oxygen atoms in total. The Hall–Kier alpha value is -1.07. The second kappa shape index (κ2) is 3.98. The van der Waals surface area contributed by atoms with Crippen molar-refractivity contribution in [1.82, 2.24) is 5.32 Å². The van der Waals surface area contributed by atoms with Gasteiger partial charge in [0.2, 0.25) is 5.91 Å². The Morgan fingerprint density at radius 2 is 2.00 bits per heavy atom. The Balaban J connectivity index is 2.39. The Morgan fingerprint density at radius 3 is 2.50 bits per heavy atom. The molecule has 0 saturated carbocycles. The smallest absolute Gasteiger partial charge is 0.355 e. The summed E-state index contributed by atoms with van der Waals surface area (Å²) in [5.74, 6) is -1.47. The summed E-state index contributed by atoms with van der Waals surface area (Å²) >= 11 is 0. The lowest BCUT2D eigenvalue weighted by molar-refractivity contribution is -0.142. The van der Waals surface area contributed by atoms with Gasteiger partial charge in [0.05, 0.1) is 6.42 Å². The quantitative estimate of drug-likeness (QED) is 0.690. The molecule has 1 rings (SSSR count). The van der Waals surface area contributed by atoms with Crippen molar-refractivity contribution in [2.75, 3.05) is 6.54 Å². The summed E-state index contributed by atoms with van der Waals surface area (Å²) in [6, 6.07) is 0. The Bertz CT molecular complexity index is 249. The molecule has 1 amide bonds. The third kappa shape index (κ3) is 3.35. The molecule has 1 fully saturated rings. The van der Waals surface area contributed by atoms with Crippen molar-refractivity contribution in [3.63, 3.8) is 0 Å². The van der Waals surface area contributed by atoms with Gasteiger partial charge in [0, 0.05) is 18.9 Å². The van der Waals surface area contributed by atoms with Crippen molar-refractivity contribution in [1.29, 1.82) is 0 Å². The van der Waals surface area contributed by atoms with Crippen LogP contribution in [0.25, 0.3) is 0 Å². The van der Waals surface area contributed by atoms with Crippen LogP contribution in [-0.4, -0.2) is 24.4 Å². The lowest BCUT2D eigenvalue weighted by Gasteiger charge is -2.21. The molecule has 1 saturated heterocycles. The molecule has 1 N–H and O–H groups in total. The summed E-state index contributed by atoms with van der Waals surface area (Å²) in [6.07, 6.45) is -5.73. The fourth-order valence-electron chi connectivity index (χ4n) is 1.32. The Labute approximate surface area is 78.7 Å². The normalized spacial score (nSPS) is 23.5. The summed E-state index contributed by atoms with van der Waals surface area (Å²) in [6.45, 7) is 0.0355. The van der Waals surface area contributed by atoms with Gasteiger partial charge in [0.25, 0.3) is 0 Å². The van der Waals surface area contributed by atoms with E-state index in [2.05, 4.69) is 5.32 Å². The van der Waals surface area contributed by atoms with Crippen molar-refractivity contribution in [3.8, 4) is 0 Å². The molecule has 1 atom stereocenters. The molecule has 1 unspecified atom stereocenters. The van der Waals surface area contributed by atoms with E-state index in [4.69, 9.17) is 0 Å². The van der Waals surface area contributed by atoms with Gasteiger partial charge in [-0.25, -0.2) is 0 Å². The molecule has 14 heavy (non-hydrogen) atoms. The number of alkyl halides is 3. The molecule has 0 bridgehead atoms. The van der Waals surface area contributed by atoms with Crippen LogP contribution >= 0.6 is 0 Å². The van der Waals surface area contributed by atoms with Crippen molar-refractivity contribution in [2.45, 2.75) is 25.4 Å². The largest absolute Gasteiger partial charge is 0.389 e. The minimum Gasteiger partial charge on any atom is -0.355 e. The first-order valence-corrected chi connectivity index (χ1v) is 4.24. The standard InChI is InChI=1S/C8H10F3NO2/c9-8(10,11)2-1-5-4-12-7(14)3-6(5)13/h5H,1-4H2,(H,12,14). The van der Waals surface area contributed by atoms with E-state index in [0.29, 0.717) is 0 Å². The van der Waals surface area contributed by atoms with Gasteiger partial charge in [0.1, 0.15) is 5.78 Å². The average molecular weight is 209 g/mol. The highest BCUT2D eigenvalue weighted by molar-refractivity contribution is 6.01. The molecule has 1 heterocycles. The maximum Gasteiger partial charge on any atom is 0.389 e. The van der Waals surface area contributed by atoms with Gasteiger partial charge in [-0.2, -0.15) is 13.2 Å². The van der Waals surface area contributed by atoms with E-state index in [1.165, 1.54) is 0 Å². The predicted molar refractivity (Wildman–Crippen MR) is 41.4 cm³/mol. The molecular formula is C8H10F3NO2. The molecule has 0 radical (unpaired) electrons. The molecule has 0 aliphatic carbocycles. The number of Topliss-reactive ketones (excluding diaryl/α,β-unsaturated/α-hetero) is 1. The molecule has 80 valence electrons. The van der Waals surface area contributed by atoms with Crippen LogP contribution in [-0.2, 0) is 9.59 Å². The number of nitrogens with one attached hydrogen (secondary N) is 1. The number of carbonyl (C=O) groups excluding carboxylic acids is 2. The first kappa shape index (κ1) is 11.0. The van der Waals surface area contributed by atoms with Gasteiger partial charge >= 0.3 is 6.18 Å². The molecule has 0 spiro atoms. The zero-order valence-electron chi connectivity index (χ0n) is 7.36. The lowest BCUT2D eigenvalue weighted by atomic mass is 9.93. The van der Waals surface area contributed by atoms with Crippen molar-refractivity contribution >= 4 is 11.7 Å². The maximum atomic E-state index is 11.8. The Morgan fingerprint density at radius 1 is 1.36 bits per heavy atom. The van der Waals surface area contributed by atoms with Crippen LogP contribution in [0.3, 0.4) is 0 Å². The highest BCUT2D eigenvalue weighted by Crippen LogP contribution is 2.25. The Kier molecular flexibility index (Phi) is 3.13. The summed E-state index contributed by atoms with van der Waals surface area (Å²) < 4.78 is 35.4.